The number of quaternary nitrogens is 4. The third-order valence-electron chi connectivity index (χ3n) is 4.27. The Morgan fingerprint density at radius 1 is 0.541 bits per heavy atom. The fourth-order valence-electron chi connectivity index (χ4n) is 2.12. The zero-order chi connectivity index (χ0) is 37.2. The third kappa shape index (κ3) is 56.7. The molecule has 0 saturated carbocycles. The van der Waals surface area contributed by atoms with Gasteiger partial charge in [-0.25, -0.2) is 23.6 Å². The first kappa shape index (κ1) is 28.1. The van der Waals surface area contributed by atoms with Gasteiger partial charge in [-0.05, 0) is 6.92 Å². The summed E-state index contributed by atoms with van der Waals surface area (Å²) in [5, 5.41) is 0. The van der Waals surface area contributed by atoms with Crippen LogP contribution in [0.25, 0.3) is 0 Å². The Bertz CT molecular complexity index is 725. The number of nitrogens with two attached hydrogens (primary N) is 4. The molecule has 0 aromatic carbocycles. The van der Waals surface area contributed by atoms with E-state index < -0.39 is 30.4 Å². The summed E-state index contributed by atoms with van der Waals surface area (Å²) in [5.41, 5.74) is 0. The van der Waals surface area contributed by atoms with E-state index in [1.54, 1.807) is 6.92 Å². The van der Waals surface area contributed by atoms with Crippen molar-refractivity contribution in [1.82, 2.24) is 0 Å². The molecule has 0 spiro atoms. The molecule has 0 rings (SSSR count). The van der Waals surface area contributed by atoms with Gasteiger partial charge in [0.2, 0.25) is 0 Å². The summed E-state index contributed by atoms with van der Waals surface area (Å²) >= 11 is 0. The van der Waals surface area contributed by atoms with Crippen LogP contribution >= 0.6 is 0 Å². The Hall–Kier alpha value is -0.480. The summed E-state index contributed by atoms with van der Waals surface area (Å²) in [6.07, 6.45) is -0.0517. The summed E-state index contributed by atoms with van der Waals surface area (Å²) in [4.78, 5) is 17.2. The second kappa shape index (κ2) is 25.8. The van der Waals surface area contributed by atoms with E-state index >= 15 is 0 Å². The summed E-state index contributed by atoms with van der Waals surface area (Å²) in [6.45, 7) is -0.277. The topological polar surface area (TPSA) is 141 Å². The minimum Gasteiger partial charge on any atom is -0.331 e. The Balaban J connectivity index is -0.000000255. The predicted molar refractivity (Wildman–Crippen MR) is 155 cm³/mol. The summed E-state index contributed by atoms with van der Waals surface area (Å²) < 4.78 is 61.6. The average Bonchev–Trinajstić information content (AvgIpc) is 2.82. The van der Waals surface area contributed by atoms with Crippen LogP contribution in [0.3, 0.4) is 0 Å². The highest BCUT2D eigenvalue weighted by molar-refractivity contribution is 4.33. The van der Waals surface area contributed by atoms with Gasteiger partial charge in [-0.2, -0.15) is 0 Å². The quantitative estimate of drug-likeness (QED) is 0.0865. The normalized spacial score (nSPS) is 16.8. The van der Waals surface area contributed by atoms with Crippen LogP contribution in [-0.2, 0) is 19.4 Å². The van der Waals surface area contributed by atoms with Gasteiger partial charge in [-0.3, -0.25) is 0 Å². The number of nitrogens with zero attached hydrogens (tertiary/aromatic N) is 4. The molecular weight excluding hydrogens is 479 g/mol. The molecule has 0 amide bonds. The Morgan fingerprint density at radius 3 is 1.14 bits per heavy atom. The third-order valence-corrected chi connectivity index (χ3v) is 4.27. The summed E-state index contributed by atoms with van der Waals surface area (Å²) in [5.74, 6) is 19.2. The molecule has 0 heterocycles. The molecule has 8 N–H and O–H groups in total. The maximum Gasteiger partial charge on any atom is 0.0925 e. The smallest absolute Gasteiger partial charge is 0.0925 e. The van der Waals surface area contributed by atoms with Crippen LogP contribution in [0.5, 0.6) is 0 Å². The monoisotopic (exact) mass is 558 g/mol. The zero-order valence-electron chi connectivity index (χ0n) is 34.1. The number of hydrogen-bond acceptors (Lipinski definition) is 8. The van der Waals surface area contributed by atoms with Crippen LogP contribution in [-0.4, -0.2) is 154 Å². The minimum atomic E-state index is -2.90. The summed E-state index contributed by atoms with van der Waals surface area (Å²) in [6, 6.07) is 0. The Morgan fingerprint density at radius 2 is 0.892 bits per heavy atom. The lowest BCUT2D eigenvalue weighted by Gasteiger charge is -2.27. The molecule has 0 radical (unpaired) electrons. The van der Waals surface area contributed by atoms with Crippen molar-refractivity contribution >= 4 is 0 Å². The molecule has 0 aliphatic carbocycles. The molecule has 0 unspecified atom stereocenters. The predicted octanol–water partition coefficient (Wildman–Crippen LogP) is 0.282. The van der Waals surface area contributed by atoms with Crippen LogP contribution in [0.15, 0.2) is 0 Å². The number of rotatable bonds is 17. The van der Waals surface area contributed by atoms with Crippen molar-refractivity contribution in [3.05, 3.63) is 0 Å². The largest absolute Gasteiger partial charge is 0.331 e. The molecule has 230 valence electrons. The van der Waals surface area contributed by atoms with Gasteiger partial charge in [0, 0.05) is 28.4 Å². The van der Waals surface area contributed by atoms with Crippen LogP contribution < -0.4 is 23.6 Å². The lowest BCUT2D eigenvalue weighted by atomic mass is 10.3. The van der Waals surface area contributed by atoms with Gasteiger partial charge in [-0.1, -0.05) is 0 Å². The van der Waals surface area contributed by atoms with Gasteiger partial charge in [0.15, 0.2) is 0 Å². The number of hydrogen-bond donors (Lipinski definition) is 4. The highest BCUT2D eigenvalue weighted by Crippen LogP contribution is 1.97. The van der Waals surface area contributed by atoms with E-state index in [1.165, 1.54) is 21.1 Å². The van der Waals surface area contributed by atoms with E-state index in [4.69, 9.17) is 28.7 Å². The van der Waals surface area contributed by atoms with Crippen LogP contribution in [0.1, 0.15) is 43.5 Å². The Labute approximate surface area is 241 Å². The van der Waals surface area contributed by atoms with Crippen molar-refractivity contribution in [2.24, 2.45) is 23.6 Å². The van der Waals surface area contributed by atoms with Crippen molar-refractivity contribution in [3.8, 4) is 0 Å². The molecular formula is C25H70N8O4+4. The van der Waals surface area contributed by atoms with E-state index in [2.05, 4.69) is 67.5 Å². The van der Waals surface area contributed by atoms with E-state index in [1.807, 2.05) is 14.1 Å². The van der Waals surface area contributed by atoms with Crippen molar-refractivity contribution in [2.75, 3.05) is 137 Å². The molecule has 37 heavy (non-hydrogen) atoms. The van der Waals surface area contributed by atoms with Gasteiger partial charge in [0.05, 0.1) is 145 Å². The summed E-state index contributed by atoms with van der Waals surface area (Å²) in [7, 11) is 20.9. The first-order valence-electron chi connectivity index (χ1n) is 16.3. The molecule has 0 aliphatic heterocycles. The highest BCUT2D eigenvalue weighted by atomic mass is 16.7. The lowest BCUT2D eigenvalue weighted by Crippen LogP contribution is -2.40. The second-order valence-electron chi connectivity index (χ2n) is 11.8. The second-order valence-corrected chi connectivity index (χ2v) is 11.8. The van der Waals surface area contributed by atoms with Gasteiger partial charge in [-0.15, -0.1) is 0 Å². The average molecular weight is 558 g/mol. The van der Waals surface area contributed by atoms with E-state index in [0.717, 1.165) is 47.9 Å². The standard InChI is InChI=1S/C7H19N2O.3C6H17N2O/c1-4-9(2,3)6-5-7-10-8;3*1-8(2,3)5-4-6-9-7/h4-8H2,1-3H3;3*4-7H2,1-3H3/q4*+1/i4D2;4+1,5+1,6+1;4D2,5D2,6D2;. The molecule has 0 atom stereocenters. The van der Waals surface area contributed by atoms with Gasteiger partial charge in [0.25, 0.3) is 0 Å². The SMILES string of the molecule is C[N+](C)(C)CCCON.C[N+](C)(C)[13CH2][13CH2][13CH2]ON.[2H]C([2H])(C)[N+](C)(C)CCCON.[2H]C([2H])(ON)C([2H])([2H])C([2H])([2H])[N+](C)(C)C. The van der Waals surface area contributed by atoms with Crippen LogP contribution in [0.2, 0.25) is 0 Å². The fraction of sp³-hybridized carbons (Fsp3) is 1.00. The van der Waals surface area contributed by atoms with E-state index in [9.17, 15) is 0 Å². The molecule has 0 fully saturated rings. The van der Waals surface area contributed by atoms with Crippen LogP contribution in [0.4, 0.5) is 0 Å². The first-order valence-corrected chi connectivity index (χ1v) is 12.3. The molecule has 0 bridgehead atoms. The van der Waals surface area contributed by atoms with Crippen molar-refractivity contribution < 1.29 is 48.2 Å². The van der Waals surface area contributed by atoms with Gasteiger partial charge in [0.1, 0.15) is 0 Å². The van der Waals surface area contributed by atoms with E-state index in [-0.39, 0.29) is 0 Å². The van der Waals surface area contributed by atoms with Crippen molar-refractivity contribution in [3.63, 3.8) is 0 Å². The first-order chi connectivity index (χ1) is 19.7. The molecule has 0 aromatic heterocycles. The lowest BCUT2D eigenvalue weighted by molar-refractivity contribution is -0.888. The van der Waals surface area contributed by atoms with Gasteiger partial charge < -0.3 is 37.3 Å². The molecule has 0 aromatic rings. The maximum absolute atomic E-state index is 7.63. The highest BCUT2D eigenvalue weighted by Gasteiger charge is 2.10. The van der Waals surface area contributed by atoms with Crippen LogP contribution in [0, 0.1) is 0 Å². The molecule has 0 saturated heterocycles. The Kier molecular flexibility index (Phi) is 19.6. The zero-order valence-corrected chi connectivity index (χ0v) is 26.1. The fourth-order valence-corrected chi connectivity index (χ4v) is 2.12. The maximum atomic E-state index is 7.63. The van der Waals surface area contributed by atoms with Crippen molar-refractivity contribution in [2.45, 2.75) is 32.6 Å². The van der Waals surface area contributed by atoms with Gasteiger partial charge >= 0.3 is 0 Å². The van der Waals surface area contributed by atoms with Crippen molar-refractivity contribution in [1.29, 1.82) is 0 Å². The molecule has 0 aliphatic rings. The van der Waals surface area contributed by atoms with E-state index in [0.29, 0.717) is 24.3 Å². The molecule has 12 heteroatoms. The molecule has 12 nitrogen and oxygen atoms in total. The minimum absolute atomic E-state index is 0.330.